The molecule has 2 aromatic carbocycles. The van der Waals surface area contributed by atoms with E-state index in [9.17, 15) is 14.4 Å². The third-order valence-electron chi connectivity index (χ3n) is 5.71. The van der Waals surface area contributed by atoms with E-state index in [2.05, 4.69) is 34.9 Å². The van der Waals surface area contributed by atoms with E-state index in [1.54, 1.807) is 4.90 Å². The molecule has 0 aromatic heterocycles. The highest BCUT2D eigenvalue weighted by Crippen LogP contribution is 2.28. The van der Waals surface area contributed by atoms with Crippen molar-refractivity contribution >= 4 is 17.7 Å². The van der Waals surface area contributed by atoms with Gasteiger partial charge >= 0.3 is 0 Å². The van der Waals surface area contributed by atoms with Crippen molar-refractivity contribution in [1.29, 1.82) is 0 Å². The first kappa shape index (κ1) is 20.3. The molecule has 7 nitrogen and oxygen atoms in total. The number of carbonyl (C=O) groups is 3. The predicted octanol–water partition coefficient (Wildman–Crippen LogP) is 1.24. The molecule has 2 aliphatic heterocycles. The van der Waals surface area contributed by atoms with Crippen LogP contribution in [0.3, 0.4) is 0 Å². The number of fused-ring (bicyclic) bond motifs is 1. The van der Waals surface area contributed by atoms with Crippen LogP contribution in [0, 0.1) is 0 Å². The van der Waals surface area contributed by atoms with Crippen molar-refractivity contribution in [2.45, 2.75) is 44.9 Å². The highest BCUT2D eigenvalue weighted by atomic mass is 16.2. The summed E-state index contributed by atoms with van der Waals surface area (Å²) in [5.74, 6) is -0.800. The van der Waals surface area contributed by atoms with Gasteiger partial charge in [-0.1, -0.05) is 36.4 Å². The topological polar surface area (TPSA) is 105 Å². The molecule has 1 atom stereocenters. The van der Waals surface area contributed by atoms with E-state index < -0.39 is 6.04 Å². The Morgan fingerprint density at radius 1 is 1.00 bits per heavy atom. The van der Waals surface area contributed by atoms with Crippen molar-refractivity contribution in [2.24, 2.45) is 5.73 Å². The Kier molecular flexibility index (Phi) is 5.92. The van der Waals surface area contributed by atoms with Gasteiger partial charge in [-0.05, 0) is 47.7 Å². The molecule has 4 rings (SSSR count). The number of nitrogens with two attached hydrogens (primary N) is 1. The zero-order valence-electron chi connectivity index (χ0n) is 16.8. The van der Waals surface area contributed by atoms with Crippen LogP contribution >= 0.6 is 0 Å². The van der Waals surface area contributed by atoms with Gasteiger partial charge in [-0.2, -0.15) is 0 Å². The summed E-state index contributed by atoms with van der Waals surface area (Å²) in [7, 11) is 0. The number of piperidine rings is 1. The molecule has 1 fully saturated rings. The van der Waals surface area contributed by atoms with E-state index in [4.69, 9.17) is 5.73 Å². The van der Waals surface area contributed by atoms with Gasteiger partial charge in [0.05, 0.1) is 0 Å². The average molecular weight is 406 g/mol. The fraction of sp³-hybridized carbons (Fsp3) is 0.348. The molecule has 2 aliphatic rings. The standard InChI is InChI=1S/C23H26N4O3/c24-10-9-15-1-3-16(4-2-15)12-25-13-17-5-6-18-14-27(23(30)19(18)11-17)20-7-8-21(28)26-22(20)29/h1-6,11,20,25H,7-10,12-14,24H2,(H,26,28,29). The molecule has 0 radical (unpaired) electrons. The molecule has 1 unspecified atom stereocenters. The van der Waals surface area contributed by atoms with E-state index in [0.29, 0.717) is 31.6 Å². The van der Waals surface area contributed by atoms with Crippen molar-refractivity contribution in [3.63, 3.8) is 0 Å². The zero-order chi connectivity index (χ0) is 21.1. The molecule has 156 valence electrons. The molecule has 2 aromatic rings. The number of rotatable bonds is 7. The van der Waals surface area contributed by atoms with Crippen LogP contribution in [0.2, 0.25) is 0 Å². The normalized spacial score (nSPS) is 18.5. The number of nitrogens with one attached hydrogen (secondary N) is 2. The van der Waals surface area contributed by atoms with Crippen LogP contribution in [0.5, 0.6) is 0 Å². The van der Waals surface area contributed by atoms with Gasteiger partial charge in [-0.3, -0.25) is 19.7 Å². The van der Waals surface area contributed by atoms with Crippen molar-refractivity contribution in [3.05, 3.63) is 70.3 Å². The lowest BCUT2D eigenvalue weighted by atomic mass is 10.0. The lowest BCUT2D eigenvalue weighted by molar-refractivity contribution is -0.136. The molecular weight excluding hydrogens is 380 g/mol. The molecule has 30 heavy (non-hydrogen) atoms. The monoisotopic (exact) mass is 406 g/mol. The smallest absolute Gasteiger partial charge is 0.255 e. The van der Waals surface area contributed by atoms with Crippen LogP contribution in [0.15, 0.2) is 42.5 Å². The molecule has 0 bridgehead atoms. The van der Waals surface area contributed by atoms with Gasteiger partial charge in [-0.25, -0.2) is 0 Å². The third kappa shape index (κ3) is 4.27. The minimum Gasteiger partial charge on any atom is -0.330 e. The van der Waals surface area contributed by atoms with Crippen LogP contribution < -0.4 is 16.4 Å². The molecule has 0 saturated carbocycles. The summed E-state index contributed by atoms with van der Waals surface area (Å²) >= 11 is 0. The summed E-state index contributed by atoms with van der Waals surface area (Å²) in [5.41, 5.74) is 10.6. The number of amides is 3. The molecule has 2 heterocycles. The Hall–Kier alpha value is -3.03. The second kappa shape index (κ2) is 8.77. The first-order valence-electron chi connectivity index (χ1n) is 10.3. The first-order chi connectivity index (χ1) is 14.5. The van der Waals surface area contributed by atoms with Gasteiger partial charge in [0.25, 0.3) is 5.91 Å². The summed E-state index contributed by atoms with van der Waals surface area (Å²) in [4.78, 5) is 38.0. The fourth-order valence-electron chi connectivity index (χ4n) is 4.05. The van der Waals surface area contributed by atoms with Crippen LogP contribution in [-0.4, -0.2) is 35.2 Å². The Morgan fingerprint density at radius 3 is 2.43 bits per heavy atom. The van der Waals surface area contributed by atoms with Crippen molar-refractivity contribution in [2.75, 3.05) is 6.54 Å². The van der Waals surface area contributed by atoms with Gasteiger partial charge in [0.1, 0.15) is 6.04 Å². The number of hydrogen-bond donors (Lipinski definition) is 3. The molecule has 0 spiro atoms. The largest absolute Gasteiger partial charge is 0.330 e. The lowest BCUT2D eigenvalue weighted by Gasteiger charge is -2.29. The van der Waals surface area contributed by atoms with Crippen LogP contribution in [-0.2, 0) is 35.6 Å². The SMILES string of the molecule is NCCc1ccc(CNCc2ccc3c(c2)C(=O)N(C2CCC(=O)NC2=O)C3)cc1. The van der Waals surface area contributed by atoms with E-state index in [0.717, 1.165) is 24.1 Å². The number of imide groups is 1. The number of nitrogens with zero attached hydrogens (tertiary/aromatic N) is 1. The maximum absolute atomic E-state index is 12.9. The van der Waals surface area contributed by atoms with Gasteiger partial charge < -0.3 is 16.0 Å². The molecule has 7 heteroatoms. The van der Waals surface area contributed by atoms with E-state index >= 15 is 0 Å². The molecule has 4 N–H and O–H groups in total. The summed E-state index contributed by atoms with van der Waals surface area (Å²) in [6, 6.07) is 13.7. The molecule has 3 amide bonds. The van der Waals surface area contributed by atoms with Crippen LogP contribution in [0.25, 0.3) is 0 Å². The predicted molar refractivity (Wildman–Crippen MR) is 112 cm³/mol. The van der Waals surface area contributed by atoms with E-state index in [-0.39, 0.29) is 24.1 Å². The van der Waals surface area contributed by atoms with E-state index in [1.807, 2.05) is 18.2 Å². The summed E-state index contributed by atoms with van der Waals surface area (Å²) in [5, 5.41) is 5.74. The first-order valence-corrected chi connectivity index (χ1v) is 10.3. The minimum atomic E-state index is -0.577. The van der Waals surface area contributed by atoms with Crippen molar-refractivity contribution in [3.8, 4) is 0 Å². The number of carbonyl (C=O) groups excluding carboxylic acids is 3. The Morgan fingerprint density at radius 2 is 1.70 bits per heavy atom. The second-order valence-corrected chi connectivity index (χ2v) is 7.85. The molecule has 1 saturated heterocycles. The molecule has 0 aliphatic carbocycles. The highest BCUT2D eigenvalue weighted by Gasteiger charge is 2.39. The van der Waals surface area contributed by atoms with Crippen LogP contribution in [0.1, 0.15) is 45.5 Å². The summed E-state index contributed by atoms with van der Waals surface area (Å²) in [6.45, 7) is 2.43. The minimum absolute atomic E-state index is 0.142. The van der Waals surface area contributed by atoms with E-state index in [1.165, 1.54) is 11.1 Å². The highest BCUT2D eigenvalue weighted by molar-refractivity contribution is 6.05. The maximum atomic E-state index is 12.9. The van der Waals surface area contributed by atoms with Crippen molar-refractivity contribution < 1.29 is 14.4 Å². The number of benzene rings is 2. The number of hydrogen-bond acceptors (Lipinski definition) is 5. The lowest BCUT2D eigenvalue weighted by Crippen LogP contribution is -2.52. The quantitative estimate of drug-likeness (QED) is 0.600. The zero-order valence-corrected chi connectivity index (χ0v) is 16.8. The third-order valence-corrected chi connectivity index (χ3v) is 5.71. The maximum Gasteiger partial charge on any atom is 0.255 e. The Bertz CT molecular complexity index is 971. The summed E-state index contributed by atoms with van der Waals surface area (Å²) in [6.07, 6.45) is 1.52. The van der Waals surface area contributed by atoms with Gasteiger partial charge in [0.15, 0.2) is 0 Å². The average Bonchev–Trinajstić information content (AvgIpc) is 3.05. The fourth-order valence-corrected chi connectivity index (χ4v) is 4.05. The van der Waals surface area contributed by atoms with Crippen LogP contribution in [0.4, 0.5) is 0 Å². The van der Waals surface area contributed by atoms with Gasteiger partial charge in [0, 0.05) is 31.6 Å². The second-order valence-electron chi connectivity index (χ2n) is 7.85. The molecular formula is C23H26N4O3. The summed E-state index contributed by atoms with van der Waals surface area (Å²) < 4.78 is 0. The Balaban J connectivity index is 1.36. The van der Waals surface area contributed by atoms with Crippen molar-refractivity contribution in [1.82, 2.24) is 15.5 Å². The Labute approximate surface area is 175 Å². The van der Waals surface area contributed by atoms with Gasteiger partial charge in [0.2, 0.25) is 11.8 Å². The van der Waals surface area contributed by atoms with Gasteiger partial charge in [-0.15, -0.1) is 0 Å².